The maximum Gasteiger partial charge on any atom is 0.253 e. The van der Waals surface area contributed by atoms with Crippen molar-refractivity contribution in [3.05, 3.63) is 34.2 Å². The lowest BCUT2D eigenvalue weighted by molar-refractivity contribution is 0.0947. The Morgan fingerprint density at radius 1 is 1.30 bits per heavy atom. The average Bonchev–Trinajstić information content (AvgIpc) is 2.71. The fourth-order valence-corrected chi connectivity index (χ4v) is 3.92. The second kappa shape index (κ2) is 7.04. The Bertz CT molecular complexity index is 717. The van der Waals surface area contributed by atoms with Gasteiger partial charge in [0.15, 0.2) is 0 Å². The number of aromatic nitrogens is 1. The quantitative estimate of drug-likeness (QED) is 0.763. The van der Waals surface area contributed by atoms with E-state index >= 15 is 0 Å². The molecule has 1 amide bonds. The van der Waals surface area contributed by atoms with E-state index in [1.807, 2.05) is 13.1 Å². The summed E-state index contributed by atoms with van der Waals surface area (Å²) in [6, 6.07) is 3.24. The number of carbonyl (C=O) groups excluding carboxylic acids is 1. The molecule has 124 valence electrons. The first-order valence-electron chi connectivity index (χ1n) is 8.28. The first-order chi connectivity index (χ1) is 11.1. The Morgan fingerprint density at radius 2 is 2.00 bits per heavy atom. The van der Waals surface area contributed by atoms with Crippen LogP contribution in [0.25, 0.3) is 10.9 Å². The van der Waals surface area contributed by atoms with E-state index in [0.29, 0.717) is 27.9 Å². The predicted molar refractivity (Wildman–Crippen MR) is 94.1 cm³/mol. The third kappa shape index (κ3) is 3.60. The lowest BCUT2D eigenvalue weighted by atomic mass is 10.0. The van der Waals surface area contributed by atoms with Gasteiger partial charge in [-0.05, 0) is 30.9 Å². The van der Waals surface area contributed by atoms with Crippen LogP contribution in [0, 0.1) is 11.7 Å². The van der Waals surface area contributed by atoms with E-state index in [9.17, 15) is 9.18 Å². The van der Waals surface area contributed by atoms with Gasteiger partial charge in [-0.3, -0.25) is 4.79 Å². The SMILES string of the molecule is Cn1cc(C(=O)NCC2CCCCCC2)c2c(F)cc(Br)cc21. The highest BCUT2D eigenvalue weighted by atomic mass is 79.9. The van der Waals surface area contributed by atoms with Gasteiger partial charge in [0, 0.05) is 29.6 Å². The minimum atomic E-state index is -0.366. The summed E-state index contributed by atoms with van der Waals surface area (Å²) in [5.74, 6) is 0.00563. The first kappa shape index (κ1) is 16.5. The number of rotatable bonds is 3. The average molecular weight is 381 g/mol. The lowest BCUT2D eigenvalue weighted by Gasteiger charge is -2.14. The number of hydrogen-bond acceptors (Lipinski definition) is 1. The molecule has 2 aromatic rings. The van der Waals surface area contributed by atoms with E-state index < -0.39 is 0 Å². The minimum Gasteiger partial charge on any atom is -0.352 e. The zero-order chi connectivity index (χ0) is 16.4. The van der Waals surface area contributed by atoms with Crippen molar-refractivity contribution in [2.24, 2.45) is 13.0 Å². The van der Waals surface area contributed by atoms with Crippen LogP contribution in [0.4, 0.5) is 4.39 Å². The van der Waals surface area contributed by atoms with Crippen LogP contribution in [0.2, 0.25) is 0 Å². The van der Waals surface area contributed by atoms with Gasteiger partial charge in [-0.1, -0.05) is 41.6 Å². The summed E-state index contributed by atoms with van der Waals surface area (Å²) in [7, 11) is 1.83. The third-order valence-electron chi connectivity index (χ3n) is 4.78. The number of aryl methyl sites for hydroxylation is 1. The number of nitrogens with zero attached hydrogens (tertiary/aromatic N) is 1. The number of carbonyl (C=O) groups is 1. The maximum atomic E-state index is 14.3. The normalized spacial score (nSPS) is 16.5. The molecular formula is C18H22BrFN2O. The Hall–Kier alpha value is -1.36. The smallest absolute Gasteiger partial charge is 0.253 e. The molecule has 1 aromatic heterocycles. The Morgan fingerprint density at radius 3 is 2.70 bits per heavy atom. The van der Waals surface area contributed by atoms with Crippen LogP contribution < -0.4 is 5.32 Å². The van der Waals surface area contributed by atoms with Crippen LogP contribution in [0.15, 0.2) is 22.8 Å². The summed E-state index contributed by atoms with van der Waals surface area (Å²) < 4.78 is 16.8. The van der Waals surface area contributed by atoms with Crippen LogP contribution in [0.3, 0.4) is 0 Å². The van der Waals surface area contributed by atoms with Crippen LogP contribution in [0.1, 0.15) is 48.9 Å². The molecule has 0 saturated heterocycles. The summed E-state index contributed by atoms with van der Waals surface area (Å²) in [6.45, 7) is 0.688. The fraction of sp³-hybridized carbons (Fsp3) is 0.500. The van der Waals surface area contributed by atoms with Crippen molar-refractivity contribution in [3.8, 4) is 0 Å². The molecular weight excluding hydrogens is 359 g/mol. The zero-order valence-electron chi connectivity index (χ0n) is 13.4. The van der Waals surface area contributed by atoms with Crippen molar-refractivity contribution in [2.45, 2.75) is 38.5 Å². The van der Waals surface area contributed by atoms with E-state index in [4.69, 9.17) is 0 Å². The zero-order valence-corrected chi connectivity index (χ0v) is 15.0. The Labute approximate surface area is 144 Å². The molecule has 23 heavy (non-hydrogen) atoms. The number of amides is 1. The molecule has 1 heterocycles. The fourth-order valence-electron chi connectivity index (χ4n) is 3.51. The van der Waals surface area contributed by atoms with Crippen molar-refractivity contribution in [3.63, 3.8) is 0 Å². The molecule has 1 aromatic carbocycles. The topological polar surface area (TPSA) is 34.0 Å². The van der Waals surface area contributed by atoms with Crippen molar-refractivity contribution in [2.75, 3.05) is 6.54 Å². The molecule has 1 fully saturated rings. The molecule has 1 N–H and O–H groups in total. The number of fused-ring (bicyclic) bond motifs is 1. The monoisotopic (exact) mass is 380 g/mol. The molecule has 1 aliphatic rings. The second-order valence-electron chi connectivity index (χ2n) is 6.50. The van der Waals surface area contributed by atoms with Crippen LogP contribution in [-0.4, -0.2) is 17.0 Å². The first-order valence-corrected chi connectivity index (χ1v) is 9.08. The molecule has 0 aliphatic heterocycles. The predicted octanol–water partition coefficient (Wildman–Crippen LogP) is 4.78. The van der Waals surface area contributed by atoms with Crippen molar-refractivity contribution >= 4 is 32.7 Å². The van der Waals surface area contributed by atoms with Crippen molar-refractivity contribution in [1.29, 1.82) is 0 Å². The van der Waals surface area contributed by atoms with Gasteiger partial charge >= 0.3 is 0 Å². The molecule has 5 heteroatoms. The summed E-state index contributed by atoms with van der Waals surface area (Å²) >= 11 is 3.30. The highest BCUT2D eigenvalue weighted by Crippen LogP contribution is 2.28. The number of halogens is 2. The molecule has 0 atom stereocenters. The number of nitrogens with one attached hydrogen (secondary N) is 1. The van der Waals surface area contributed by atoms with Crippen molar-refractivity contribution < 1.29 is 9.18 Å². The molecule has 0 bridgehead atoms. The molecule has 1 aliphatic carbocycles. The summed E-state index contributed by atoms with van der Waals surface area (Å²) in [4.78, 5) is 12.5. The summed E-state index contributed by atoms with van der Waals surface area (Å²) in [5.41, 5.74) is 1.14. The molecule has 1 saturated carbocycles. The summed E-state index contributed by atoms with van der Waals surface area (Å²) in [6.07, 6.45) is 9.16. The Kier molecular flexibility index (Phi) is 5.05. The molecule has 3 rings (SSSR count). The Balaban J connectivity index is 1.78. The van der Waals surface area contributed by atoms with E-state index in [0.717, 1.165) is 5.52 Å². The lowest BCUT2D eigenvalue weighted by Crippen LogP contribution is -2.29. The largest absolute Gasteiger partial charge is 0.352 e. The molecule has 3 nitrogen and oxygen atoms in total. The number of hydrogen-bond donors (Lipinski definition) is 1. The van der Waals surface area contributed by atoms with E-state index in [2.05, 4.69) is 21.2 Å². The van der Waals surface area contributed by atoms with Crippen LogP contribution in [0.5, 0.6) is 0 Å². The van der Waals surface area contributed by atoms with Crippen molar-refractivity contribution in [1.82, 2.24) is 9.88 Å². The highest BCUT2D eigenvalue weighted by molar-refractivity contribution is 9.10. The summed E-state index contributed by atoms with van der Waals surface area (Å²) in [5, 5.41) is 3.41. The molecule has 0 radical (unpaired) electrons. The highest BCUT2D eigenvalue weighted by Gasteiger charge is 2.19. The molecule has 0 unspecified atom stereocenters. The standard InChI is InChI=1S/C18H22BrFN2O/c1-22-11-14(17-15(20)8-13(19)9-16(17)22)18(23)21-10-12-6-4-2-3-5-7-12/h8-9,11-12H,2-7,10H2,1H3,(H,21,23). The van der Waals surface area contributed by atoms with Gasteiger partial charge in [-0.2, -0.15) is 0 Å². The van der Waals surface area contributed by atoms with Gasteiger partial charge in [-0.15, -0.1) is 0 Å². The van der Waals surface area contributed by atoms with Crippen LogP contribution in [-0.2, 0) is 7.05 Å². The van der Waals surface area contributed by atoms with E-state index in [1.54, 1.807) is 10.8 Å². The minimum absolute atomic E-state index is 0.180. The van der Waals surface area contributed by atoms with Gasteiger partial charge in [-0.25, -0.2) is 4.39 Å². The van der Waals surface area contributed by atoms with Gasteiger partial charge in [0.1, 0.15) is 5.82 Å². The third-order valence-corrected chi connectivity index (χ3v) is 5.23. The van der Waals surface area contributed by atoms with Gasteiger partial charge < -0.3 is 9.88 Å². The van der Waals surface area contributed by atoms with E-state index in [-0.39, 0.29) is 11.7 Å². The van der Waals surface area contributed by atoms with Gasteiger partial charge in [0.25, 0.3) is 5.91 Å². The van der Waals surface area contributed by atoms with E-state index in [1.165, 1.54) is 44.6 Å². The number of benzene rings is 1. The van der Waals surface area contributed by atoms with Gasteiger partial charge in [0.2, 0.25) is 0 Å². The second-order valence-corrected chi connectivity index (χ2v) is 7.42. The van der Waals surface area contributed by atoms with Gasteiger partial charge in [0.05, 0.1) is 11.1 Å². The maximum absolute atomic E-state index is 14.3. The molecule has 0 spiro atoms. The van der Waals surface area contributed by atoms with Crippen LogP contribution >= 0.6 is 15.9 Å².